The normalized spacial score (nSPS) is 26.5. The third kappa shape index (κ3) is 5.77. The van der Waals surface area contributed by atoms with Gasteiger partial charge in [-0.05, 0) is 69.2 Å². The van der Waals surface area contributed by atoms with Crippen LogP contribution in [0.3, 0.4) is 0 Å². The number of allylic oxidation sites excluding steroid dienone is 1. The lowest BCUT2D eigenvalue weighted by molar-refractivity contribution is -0.131. The Morgan fingerprint density at radius 1 is 1.11 bits per heavy atom. The highest BCUT2D eigenvalue weighted by molar-refractivity contribution is 9.10. The molecule has 3 amide bonds. The summed E-state index contributed by atoms with van der Waals surface area (Å²) in [5.74, 6) is 0.265. The van der Waals surface area contributed by atoms with Crippen molar-refractivity contribution < 1.29 is 14.4 Å². The van der Waals surface area contributed by atoms with Crippen molar-refractivity contribution in [3.8, 4) is 0 Å². The van der Waals surface area contributed by atoms with Crippen LogP contribution in [0.5, 0.6) is 0 Å². The molecule has 188 valence electrons. The first-order chi connectivity index (χ1) is 16.6. The monoisotopic (exact) mass is 543 g/mol. The van der Waals surface area contributed by atoms with Gasteiger partial charge in [0.1, 0.15) is 17.9 Å². The van der Waals surface area contributed by atoms with Gasteiger partial charge in [0.05, 0.1) is 11.3 Å². The molecule has 3 aliphatic heterocycles. The fraction of sp³-hybridized carbons (Fsp3) is 0.538. The molecular weight excluding hydrogens is 510 g/mol. The maximum atomic E-state index is 13.5. The van der Waals surface area contributed by atoms with Crippen molar-refractivity contribution in [3.63, 3.8) is 0 Å². The van der Waals surface area contributed by atoms with Crippen molar-refractivity contribution in [2.75, 3.05) is 25.0 Å². The molecule has 1 aromatic rings. The number of likely N-dealkylation sites (tertiary alicyclic amines) is 2. The Morgan fingerprint density at radius 3 is 2.51 bits per heavy atom. The van der Waals surface area contributed by atoms with Crippen LogP contribution < -0.4 is 10.6 Å². The number of amides is 3. The third-order valence-corrected chi connectivity index (χ3v) is 7.28. The van der Waals surface area contributed by atoms with Gasteiger partial charge in [-0.2, -0.15) is 0 Å². The Kier molecular flexibility index (Phi) is 7.64. The molecule has 3 heterocycles. The number of halogens is 1. The van der Waals surface area contributed by atoms with Gasteiger partial charge in [0.15, 0.2) is 0 Å². The predicted molar refractivity (Wildman–Crippen MR) is 140 cm³/mol. The van der Waals surface area contributed by atoms with E-state index in [0.29, 0.717) is 54.9 Å². The van der Waals surface area contributed by atoms with E-state index in [9.17, 15) is 14.4 Å². The summed E-state index contributed by atoms with van der Waals surface area (Å²) in [5, 5.41) is 6.12. The summed E-state index contributed by atoms with van der Waals surface area (Å²) in [5.41, 5.74) is 2.16. The summed E-state index contributed by atoms with van der Waals surface area (Å²) in [6.45, 7) is 10.0. The number of benzene rings is 1. The standard InChI is InChI=1S/C26H34BrN5O3/c1-15-10-16(2)14-31(13-15)25(34)20-12-19(27)7-8-21(20)30-24(33)23-6-5-9-32(23)26(35)22-11-17(3)28-18(4)29-22/h7-8,11-12,15-16,18,23,28H,5-6,9-10,13-14H2,1-4H3,(H,30,33)/t15-,16+,18?,23-/m0/s1. The van der Waals surface area contributed by atoms with E-state index in [1.54, 1.807) is 23.1 Å². The quantitative estimate of drug-likeness (QED) is 0.604. The van der Waals surface area contributed by atoms with E-state index in [1.165, 1.54) is 0 Å². The van der Waals surface area contributed by atoms with Crippen LogP contribution in [0.2, 0.25) is 0 Å². The summed E-state index contributed by atoms with van der Waals surface area (Å²) in [6, 6.07) is 4.71. The van der Waals surface area contributed by atoms with Crippen LogP contribution in [0.4, 0.5) is 5.69 Å². The van der Waals surface area contributed by atoms with Crippen LogP contribution in [0.25, 0.3) is 0 Å². The molecule has 1 aromatic carbocycles. The van der Waals surface area contributed by atoms with E-state index in [4.69, 9.17) is 0 Å². The van der Waals surface area contributed by atoms with Crippen LogP contribution in [0, 0.1) is 11.8 Å². The molecule has 0 spiro atoms. The number of rotatable bonds is 4. The fourth-order valence-electron chi connectivity index (χ4n) is 5.42. The van der Waals surface area contributed by atoms with Crippen molar-refractivity contribution in [3.05, 3.63) is 40.0 Å². The highest BCUT2D eigenvalue weighted by Gasteiger charge is 2.37. The largest absolute Gasteiger partial charge is 0.368 e. The molecule has 0 bridgehead atoms. The first kappa shape index (κ1) is 25.4. The number of carbonyl (C=O) groups is 3. The van der Waals surface area contributed by atoms with Gasteiger partial charge in [-0.3, -0.25) is 19.4 Å². The Hall–Kier alpha value is -2.68. The first-order valence-electron chi connectivity index (χ1n) is 12.4. The SMILES string of the molecule is CC1=CC(C(=O)N2CCC[C@H]2C(=O)Nc2ccc(Br)cc2C(=O)N2C[C@H](C)C[C@H](C)C2)=NC(C)N1. The summed E-state index contributed by atoms with van der Waals surface area (Å²) >= 11 is 3.47. The van der Waals surface area contributed by atoms with Crippen LogP contribution >= 0.6 is 15.9 Å². The Bertz CT molecular complexity index is 1070. The maximum absolute atomic E-state index is 13.5. The molecule has 0 aromatic heterocycles. The lowest BCUT2D eigenvalue weighted by Gasteiger charge is -2.35. The number of nitrogens with zero attached hydrogens (tertiary/aromatic N) is 3. The van der Waals surface area contributed by atoms with Crippen LogP contribution in [0.15, 0.2) is 39.4 Å². The average molecular weight is 544 g/mol. The zero-order chi connectivity index (χ0) is 25.3. The molecule has 2 saturated heterocycles. The van der Waals surface area contributed by atoms with E-state index < -0.39 is 6.04 Å². The fourth-order valence-corrected chi connectivity index (χ4v) is 5.78. The van der Waals surface area contributed by atoms with Gasteiger partial charge in [0, 0.05) is 29.8 Å². The topological polar surface area (TPSA) is 94.1 Å². The minimum absolute atomic E-state index is 0.0852. The van der Waals surface area contributed by atoms with E-state index in [2.05, 4.69) is 45.4 Å². The zero-order valence-corrected chi connectivity index (χ0v) is 22.4. The lowest BCUT2D eigenvalue weighted by atomic mass is 9.91. The highest BCUT2D eigenvalue weighted by Crippen LogP contribution is 2.28. The van der Waals surface area contributed by atoms with Gasteiger partial charge in [-0.15, -0.1) is 0 Å². The molecule has 1 unspecified atom stereocenters. The minimum Gasteiger partial charge on any atom is -0.368 e. The van der Waals surface area contributed by atoms with Crippen LogP contribution in [-0.4, -0.2) is 65.1 Å². The van der Waals surface area contributed by atoms with Crippen molar-refractivity contribution in [2.24, 2.45) is 16.8 Å². The molecule has 0 saturated carbocycles. The number of piperidine rings is 1. The van der Waals surface area contributed by atoms with Crippen molar-refractivity contribution in [1.29, 1.82) is 0 Å². The van der Waals surface area contributed by atoms with Gasteiger partial charge < -0.3 is 20.4 Å². The van der Waals surface area contributed by atoms with Gasteiger partial charge in [-0.1, -0.05) is 29.8 Å². The molecule has 4 atom stereocenters. The molecule has 8 nitrogen and oxygen atoms in total. The maximum Gasteiger partial charge on any atom is 0.272 e. The number of hydrogen-bond acceptors (Lipinski definition) is 5. The van der Waals surface area contributed by atoms with Gasteiger partial charge >= 0.3 is 0 Å². The van der Waals surface area contributed by atoms with Gasteiger partial charge in [-0.25, -0.2) is 0 Å². The molecule has 2 N–H and O–H groups in total. The minimum atomic E-state index is -0.606. The smallest absolute Gasteiger partial charge is 0.272 e. The van der Waals surface area contributed by atoms with E-state index in [1.807, 2.05) is 24.8 Å². The van der Waals surface area contributed by atoms with E-state index in [-0.39, 0.29) is 23.9 Å². The van der Waals surface area contributed by atoms with Crippen molar-refractivity contribution in [2.45, 2.75) is 59.2 Å². The highest BCUT2D eigenvalue weighted by atomic mass is 79.9. The van der Waals surface area contributed by atoms with Crippen LogP contribution in [-0.2, 0) is 9.59 Å². The average Bonchev–Trinajstić information content (AvgIpc) is 3.28. The molecular formula is C26H34BrN5O3. The second kappa shape index (κ2) is 10.5. The number of nitrogens with one attached hydrogen (secondary N) is 2. The van der Waals surface area contributed by atoms with E-state index >= 15 is 0 Å². The molecule has 0 radical (unpaired) electrons. The summed E-state index contributed by atoms with van der Waals surface area (Å²) in [4.78, 5) is 48.0. The molecule has 35 heavy (non-hydrogen) atoms. The molecule has 9 heteroatoms. The van der Waals surface area contributed by atoms with Gasteiger partial charge in [0.2, 0.25) is 5.91 Å². The third-order valence-electron chi connectivity index (χ3n) is 6.78. The number of aliphatic imine (C=N–C) groups is 1. The summed E-state index contributed by atoms with van der Waals surface area (Å²) in [7, 11) is 0. The van der Waals surface area contributed by atoms with Crippen LogP contribution in [0.1, 0.15) is 57.3 Å². The number of anilines is 1. The number of carbonyl (C=O) groups excluding carboxylic acids is 3. The molecule has 2 fully saturated rings. The Labute approximate surface area is 215 Å². The van der Waals surface area contributed by atoms with E-state index in [0.717, 1.165) is 23.0 Å². The Morgan fingerprint density at radius 2 is 1.83 bits per heavy atom. The molecule has 0 aliphatic carbocycles. The molecule has 4 rings (SSSR count). The second-order valence-electron chi connectivity index (χ2n) is 10.2. The first-order valence-corrected chi connectivity index (χ1v) is 13.1. The van der Waals surface area contributed by atoms with Crippen molar-refractivity contribution >= 4 is 45.1 Å². The molecule has 3 aliphatic rings. The number of hydrogen-bond donors (Lipinski definition) is 2. The second-order valence-corrected chi connectivity index (χ2v) is 11.1. The van der Waals surface area contributed by atoms with Crippen molar-refractivity contribution in [1.82, 2.24) is 15.1 Å². The summed E-state index contributed by atoms with van der Waals surface area (Å²) < 4.78 is 0.773. The zero-order valence-electron chi connectivity index (χ0n) is 20.8. The predicted octanol–water partition coefficient (Wildman–Crippen LogP) is 3.79. The Balaban J connectivity index is 1.53. The lowest BCUT2D eigenvalue weighted by Crippen LogP contribution is -2.47. The van der Waals surface area contributed by atoms with Gasteiger partial charge in [0.25, 0.3) is 11.8 Å². The summed E-state index contributed by atoms with van der Waals surface area (Å²) in [6.07, 6.45) is 3.95.